The van der Waals surface area contributed by atoms with Crippen LogP contribution in [0.2, 0.25) is 0 Å². The van der Waals surface area contributed by atoms with Gasteiger partial charge in [0.15, 0.2) is 0 Å². The second kappa shape index (κ2) is 6.99. The number of hydrogen-bond acceptors (Lipinski definition) is 4. The van der Waals surface area contributed by atoms with Crippen LogP contribution in [-0.2, 0) is 14.3 Å². The molecule has 2 aromatic carbocycles. The summed E-state index contributed by atoms with van der Waals surface area (Å²) in [6.45, 7) is 0. The number of anilines is 2. The molecule has 3 aliphatic rings. The summed E-state index contributed by atoms with van der Waals surface area (Å²) in [4.78, 5) is 37.6. The van der Waals surface area contributed by atoms with Gasteiger partial charge in [-0.3, -0.25) is 14.4 Å². The number of ether oxygens (including phenoxy) is 1. The molecule has 148 valence electrons. The summed E-state index contributed by atoms with van der Waals surface area (Å²) >= 11 is 3.63. The molecule has 2 bridgehead atoms. The molecule has 1 aliphatic heterocycles. The van der Waals surface area contributed by atoms with E-state index in [1.807, 2.05) is 6.07 Å². The number of alkyl halides is 1. The van der Waals surface area contributed by atoms with Gasteiger partial charge in [-0.15, -0.1) is 0 Å². The number of amides is 2. The summed E-state index contributed by atoms with van der Waals surface area (Å²) in [6.07, 6.45) is 0.737. The molecule has 0 unspecified atom stereocenters. The molecule has 3 fully saturated rings. The fourth-order valence-electron chi connectivity index (χ4n) is 5.02. The Labute approximate surface area is 176 Å². The Balaban J connectivity index is 1.30. The zero-order valence-corrected chi connectivity index (χ0v) is 17.0. The van der Waals surface area contributed by atoms with Crippen molar-refractivity contribution < 1.29 is 19.1 Å². The van der Waals surface area contributed by atoms with Gasteiger partial charge in [0.1, 0.15) is 6.10 Å². The maximum Gasteiger partial charge on any atom is 0.310 e. The Morgan fingerprint density at radius 1 is 0.966 bits per heavy atom. The van der Waals surface area contributed by atoms with Gasteiger partial charge in [0.25, 0.3) is 5.91 Å². The van der Waals surface area contributed by atoms with Crippen LogP contribution in [0.25, 0.3) is 0 Å². The van der Waals surface area contributed by atoms with Crippen molar-refractivity contribution in [2.24, 2.45) is 23.7 Å². The zero-order valence-electron chi connectivity index (χ0n) is 15.4. The summed E-state index contributed by atoms with van der Waals surface area (Å²) in [6, 6.07) is 15.9. The Hall–Kier alpha value is -2.67. The van der Waals surface area contributed by atoms with Gasteiger partial charge in [0.05, 0.1) is 16.7 Å². The Morgan fingerprint density at radius 3 is 2.45 bits per heavy atom. The summed E-state index contributed by atoms with van der Waals surface area (Å²) in [5, 5.41) is 5.76. The number of nitrogens with one attached hydrogen (secondary N) is 2. The maximum absolute atomic E-state index is 13.0. The number of carbonyl (C=O) groups excluding carboxylic acids is 3. The minimum absolute atomic E-state index is 0.0300. The van der Waals surface area contributed by atoms with E-state index in [0.717, 1.165) is 6.42 Å². The van der Waals surface area contributed by atoms with Crippen molar-refractivity contribution in [3.8, 4) is 0 Å². The highest BCUT2D eigenvalue weighted by molar-refractivity contribution is 9.09. The highest BCUT2D eigenvalue weighted by atomic mass is 79.9. The van der Waals surface area contributed by atoms with E-state index < -0.39 is 5.92 Å². The second-order valence-electron chi connectivity index (χ2n) is 7.85. The SMILES string of the molecule is O=C(Nc1cccc(NC(=O)[C@@H]2[C@H]3C[C@H]4[C@H](OC(=O)[C@@H]42)[C@H]3Br)c1)c1ccccc1. The van der Waals surface area contributed by atoms with Crippen molar-refractivity contribution in [1.29, 1.82) is 0 Å². The van der Waals surface area contributed by atoms with Gasteiger partial charge < -0.3 is 15.4 Å². The van der Waals surface area contributed by atoms with Crippen molar-refractivity contribution in [3.63, 3.8) is 0 Å². The predicted molar refractivity (Wildman–Crippen MR) is 111 cm³/mol. The number of esters is 1. The molecule has 6 atom stereocenters. The van der Waals surface area contributed by atoms with Crippen LogP contribution in [0.1, 0.15) is 16.8 Å². The van der Waals surface area contributed by atoms with E-state index in [2.05, 4.69) is 26.6 Å². The molecule has 0 aromatic heterocycles. The second-order valence-corrected chi connectivity index (χ2v) is 8.91. The largest absolute Gasteiger partial charge is 0.461 e. The van der Waals surface area contributed by atoms with Crippen LogP contribution in [0.5, 0.6) is 0 Å². The van der Waals surface area contributed by atoms with E-state index in [4.69, 9.17) is 4.74 Å². The first-order valence-electron chi connectivity index (χ1n) is 9.65. The van der Waals surface area contributed by atoms with Crippen molar-refractivity contribution in [2.75, 3.05) is 10.6 Å². The van der Waals surface area contributed by atoms with Gasteiger partial charge in [-0.05, 0) is 42.7 Å². The molecule has 2 amide bonds. The van der Waals surface area contributed by atoms with Crippen LogP contribution in [0.3, 0.4) is 0 Å². The third-order valence-corrected chi connectivity index (χ3v) is 7.45. The fraction of sp³-hybridized carbons (Fsp3) is 0.318. The van der Waals surface area contributed by atoms with Crippen molar-refractivity contribution in [3.05, 3.63) is 60.2 Å². The number of rotatable bonds is 4. The van der Waals surface area contributed by atoms with Crippen LogP contribution in [-0.4, -0.2) is 28.7 Å². The molecule has 1 saturated heterocycles. The molecule has 1 heterocycles. The van der Waals surface area contributed by atoms with E-state index in [9.17, 15) is 14.4 Å². The third kappa shape index (κ3) is 3.04. The first-order chi connectivity index (χ1) is 14.0. The predicted octanol–water partition coefficient (Wildman–Crippen LogP) is 3.45. The lowest BCUT2D eigenvalue weighted by atomic mass is 9.79. The van der Waals surface area contributed by atoms with Gasteiger partial charge >= 0.3 is 5.97 Å². The smallest absolute Gasteiger partial charge is 0.310 e. The fourth-order valence-corrected chi connectivity index (χ4v) is 6.07. The first kappa shape index (κ1) is 18.4. The first-order valence-corrected chi connectivity index (χ1v) is 10.6. The number of hydrogen-bond donors (Lipinski definition) is 2. The topological polar surface area (TPSA) is 84.5 Å². The molecule has 2 saturated carbocycles. The molecular weight excluding hydrogens is 436 g/mol. The molecule has 2 aromatic rings. The molecule has 2 aliphatic carbocycles. The lowest BCUT2D eigenvalue weighted by molar-refractivity contribution is -0.145. The summed E-state index contributed by atoms with van der Waals surface area (Å²) < 4.78 is 5.47. The quantitative estimate of drug-likeness (QED) is 0.547. The number of fused-ring (bicyclic) bond motifs is 1. The number of carbonyl (C=O) groups is 3. The Bertz CT molecular complexity index is 995. The van der Waals surface area contributed by atoms with E-state index in [-0.39, 0.29) is 46.5 Å². The van der Waals surface area contributed by atoms with E-state index in [1.165, 1.54) is 0 Å². The monoisotopic (exact) mass is 454 g/mol. The Kier molecular flexibility index (Phi) is 4.42. The molecule has 0 spiro atoms. The molecule has 29 heavy (non-hydrogen) atoms. The van der Waals surface area contributed by atoms with Gasteiger partial charge in [0.2, 0.25) is 5.91 Å². The zero-order chi connectivity index (χ0) is 20.1. The molecule has 6 nitrogen and oxygen atoms in total. The minimum Gasteiger partial charge on any atom is -0.461 e. The highest BCUT2D eigenvalue weighted by Gasteiger charge is 2.67. The number of benzene rings is 2. The molecular formula is C22H19BrN2O4. The lowest BCUT2D eigenvalue weighted by Crippen LogP contribution is -2.40. The van der Waals surface area contributed by atoms with E-state index in [0.29, 0.717) is 16.9 Å². The number of halogens is 1. The van der Waals surface area contributed by atoms with Gasteiger partial charge in [-0.25, -0.2) is 0 Å². The standard InChI is InChI=1S/C22H19BrN2O4/c23-18-14-10-15-17(22(28)29-19(15)18)16(14)21(27)25-13-8-4-7-12(9-13)24-20(26)11-5-2-1-3-6-11/h1-9,14-19H,10H2,(H,24,26)(H,25,27)/t14-,15-,16-,17+,18+,19+/m1/s1. The van der Waals surface area contributed by atoms with E-state index >= 15 is 0 Å². The molecule has 2 N–H and O–H groups in total. The van der Waals surface area contributed by atoms with Gasteiger partial charge in [-0.1, -0.05) is 40.2 Å². The lowest BCUT2D eigenvalue weighted by Gasteiger charge is -2.27. The van der Waals surface area contributed by atoms with Crippen LogP contribution in [0, 0.1) is 23.7 Å². The average molecular weight is 455 g/mol. The average Bonchev–Trinajstić information content (AvgIpc) is 3.33. The van der Waals surface area contributed by atoms with Crippen LogP contribution in [0.4, 0.5) is 11.4 Å². The van der Waals surface area contributed by atoms with Crippen LogP contribution < -0.4 is 10.6 Å². The normalized spacial score (nSPS) is 31.4. The van der Waals surface area contributed by atoms with Crippen molar-refractivity contribution in [1.82, 2.24) is 0 Å². The third-order valence-electron chi connectivity index (χ3n) is 6.25. The minimum atomic E-state index is -0.391. The van der Waals surface area contributed by atoms with Crippen LogP contribution in [0.15, 0.2) is 54.6 Å². The van der Waals surface area contributed by atoms with Crippen molar-refractivity contribution >= 4 is 45.1 Å². The molecule has 5 rings (SSSR count). The Morgan fingerprint density at radius 2 is 1.69 bits per heavy atom. The van der Waals surface area contributed by atoms with Gasteiger partial charge in [-0.2, -0.15) is 0 Å². The van der Waals surface area contributed by atoms with Crippen LogP contribution >= 0.6 is 15.9 Å². The molecule has 0 radical (unpaired) electrons. The maximum atomic E-state index is 13.0. The summed E-state index contributed by atoms with van der Waals surface area (Å²) in [5.41, 5.74) is 1.72. The highest BCUT2D eigenvalue weighted by Crippen LogP contribution is 2.60. The summed E-state index contributed by atoms with van der Waals surface area (Å²) in [7, 11) is 0. The van der Waals surface area contributed by atoms with Crippen molar-refractivity contribution in [2.45, 2.75) is 17.4 Å². The van der Waals surface area contributed by atoms with E-state index in [1.54, 1.807) is 48.5 Å². The summed E-state index contributed by atoms with van der Waals surface area (Å²) in [5.74, 6) is -1.15. The molecule has 7 heteroatoms. The van der Waals surface area contributed by atoms with Gasteiger partial charge in [0, 0.05) is 22.9 Å².